The number of rotatable bonds is 6. The molecule has 0 bridgehead atoms. The summed E-state index contributed by atoms with van der Waals surface area (Å²) in [6.45, 7) is 3.74. The van der Waals surface area contributed by atoms with Gasteiger partial charge in [0.05, 0.1) is 4.92 Å². The summed E-state index contributed by atoms with van der Waals surface area (Å²) in [6, 6.07) is 13.7. The van der Waals surface area contributed by atoms with Gasteiger partial charge in [-0.3, -0.25) is 10.1 Å². The number of pyridine rings is 1. The summed E-state index contributed by atoms with van der Waals surface area (Å²) >= 11 is 0. The van der Waals surface area contributed by atoms with Gasteiger partial charge in [0.25, 0.3) is 5.69 Å². The Morgan fingerprint density at radius 1 is 1.24 bits per heavy atom. The summed E-state index contributed by atoms with van der Waals surface area (Å²) in [5.41, 5.74) is 1.79. The Labute approximate surface area is 124 Å². The highest BCUT2D eigenvalue weighted by molar-refractivity contribution is 5.45. The molecule has 1 atom stereocenters. The molecular formula is C16H19N3O2. The minimum atomic E-state index is -0.412. The van der Waals surface area contributed by atoms with Crippen molar-refractivity contribution < 1.29 is 4.92 Å². The van der Waals surface area contributed by atoms with E-state index in [1.807, 2.05) is 18.2 Å². The SMILES string of the molecule is Cc1nc(NC(C)CCc2ccccc2)ccc1[N+](=O)[O-]. The van der Waals surface area contributed by atoms with Crippen molar-refractivity contribution in [1.82, 2.24) is 4.98 Å². The fourth-order valence-electron chi connectivity index (χ4n) is 2.18. The van der Waals surface area contributed by atoms with E-state index >= 15 is 0 Å². The monoisotopic (exact) mass is 285 g/mol. The zero-order chi connectivity index (χ0) is 15.2. The number of hydrogen-bond donors (Lipinski definition) is 1. The van der Waals surface area contributed by atoms with Crippen molar-refractivity contribution in [3.63, 3.8) is 0 Å². The van der Waals surface area contributed by atoms with Gasteiger partial charge in [-0.25, -0.2) is 4.98 Å². The molecular weight excluding hydrogens is 266 g/mol. The van der Waals surface area contributed by atoms with Crippen LogP contribution in [0.3, 0.4) is 0 Å². The van der Waals surface area contributed by atoms with Crippen LogP contribution in [0.5, 0.6) is 0 Å². The van der Waals surface area contributed by atoms with Gasteiger partial charge in [0, 0.05) is 12.1 Å². The van der Waals surface area contributed by atoms with Crippen molar-refractivity contribution >= 4 is 11.5 Å². The molecule has 5 heteroatoms. The van der Waals surface area contributed by atoms with Gasteiger partial charge in [-0.2, -0.15) is 0 Å². The van der Waals surface area contributed by atoms with E-state index in [0.29, 0.717) is 11.5 Å². The summed E-state index contributed by atoms with van der Waals surface area (Å²) in [5, 5.41) is 14.0. The van der Waals surface area contributed by atoms with Crippen LogP contribution in [-0.2, 0) is 6.42 Å². The minimum Gasteiger partial charge on any atom is -0.368 e. The average molecular weight is 285 g/mol. The molecule has 1 unspecified atom stereocenters. The first kappa shape index (κ1) is 15.0. The molecule has 1 N–H and O–H groups in total. The Morgan fingerprint density at radius 2 is 1.95 bits per heavy atom. The molecule has 1 aromatic carbocycles. The van der Waals surface area contributed by atoms with Crippen molar-refractivity contribution in [3.8, 4) is 0 Å². The number of benzene rings is 1. The maximum absolute atomic E-state index is 10.8. The lowest BCUT2D eigenvalue weighted by Crippen LogP contribution is -2.17. The van der Waals surface area contributed by atoms with Crippen LogP contribution >= 0.6 is 0 Å². The Hall–Kier alpha value is -2.43. The first-order valence-corrected chi connectivity index (χ1v) is 6.99. The van der Waals surface area contributed by atoms with Crippen LogP contribution in [0.25, 0.3) is 0 Å². The molecule has 0 saturated heterocycles. The molecule has 0 aliphatic rings. The summed E-state index contributed by atoms with van der Waals surface area (Å²) in [4.78, 5) is 14.6. The topological polar surface area (TPSA) is 68.1 Å². The highest BCUT2D eigenvalue weighted by Gasteiger charge is 2.12. The molecule has 1 aromatic heterocycles. The van der Waals surface area contributed by atoms with Crippen LogP contribution in [0.1, 0.15) is 24.6 Å². The molecule has 0 fully saturated rings. The summed E-state index contributed by atoms with van der Waals surface area (Å²) in [5.74, 6) is 0.679. The Balaban J connectivity index is 1.92. The lowest BCUT2D eigenvalue weighted by atomic mass is 10.1. The third-order valence-corrected chi connectivity index (χ3v) is 3.36. The third kappa shape index (κ3) is 4.27. The molecule has 5 nitrogen and oxygen atoms in total. The Morgan fingerprint density at radius 3 is 2.57 bits per heavy atom. The number of nitro groups is 1. The summed E-state index contributed by atoms with van der Waals surface area (Å²) in [6.07, 6.45) is 1.96. The van der Waals surface area contributed by atoms with Gasteiger partial charge >= 0.3 is 0 Å². The van der Waals surface area contributed by atoms with Gasteiger partial charge in [-0.05, 0) is 38.3 Å². The molecule has 0 amide bonds. The number of aromatic nitrogens is 1. The van der Waals surface area contributed by atoms with Crippen LogP contribution in [0.15, 0.2) is 42.5 Å². The second kappa shape index (κ2) is 6.83. The lowest BCUT2D eigenvalue weighted by molar-refractivity contribution is -0.385. The molecule has 0 aliphatic carbocycles. The van der Waals surface area contributed by atoms with E-state index in [1.165, 1.54) is 11.6 Å². The quantitative estimate of drug-likeness (QED) is 0.648. The van der Waals surface area contributed by atoms with Gasteiger partial charge in [0.15, 0.2) is 0 Å². The van der Waals surface area contributed by atoms with E-state index in [1.54, 1.807) is 13.0 Å². The van der Waals surface area contributed by atoms with Crippen molar-refractivity contribution in [3.05, 3.63) is 63.8 Å². The van der Waals surface area contributed by atoms with E-state index in [-0.39, 0.29) is 11.7 Å². The highest BCUT2D eigenvalue weighted by atomic mass is 16.6. The molecule has 0 spiro atoms. The number of hydrogen-bond acceptors (Lipinski definition) is 4. The van der Waals surface area contributed by atoms with Crippen LogP contribution in [0, 0.1) is 17.0 Å². The Bertz CT molecular complexity index is 614. The van der Waals surface area contributed by atoms with Gasteiger partial charge in [-0.1, -0.05) is 30.3 Å². The lowest BCUT2D eigenvalue weighted by Gasteiger charge is -2.14. The molecule has 0 aliphatic heterocycles. The summed E-state index contributed by atoms with van der Waals surface area (Å²) in [7, 11) is 0. The summed E-state index contributed by atoms with van der Waals surface area (Å²) < 4.78 is 0. The van der Waals surface area contributed by atoms with Crippen LogP contribution in [-0.4, -0.2) is 15.9 Å². The van der Waals surface area contributed by atoms with E-state index in [0.717, 1.165) is 12.8 Å². The van der Waals surface area contributed by atoms with E-state index in [9.17, 15) is 10.1 Å². The number of anilines is 1. The average Bonchev–Trinajstić information content (AvgIpc) is 2.46. The normalized spacial score (nSPS) is 11.9. The van der Waals surface area contributed by atoms with E-state index in [4.69, 9.17) is 0 Å². The van der Waals surface area contributed by atoms with Crippen LogP contribution in [0.4, 0.5) is 11.5 Å². The molecule has 1 heterocycles. The van der Waals surface area contributed by atoms with Crippen molar-refractivity contribution in [2.75, 3.05) is 5.32 Å². The van der Waals surface area contributed by atoms with Gasteiger partial charge in [0.1, 0.15) is 11.5 Å². The molecule has 110 valence electrons. The standard InChI is InChI=1S/C16H19N3O2/c1-12(8-9-14-6-4-3-5-7-14)17-16-11-10-15(19(20)21)13(2)18-16/h3-7,10-12H,8-9H2,1-2H3,(H,17,18). The predicted molar refractivity (Wildman–Crippen MR) is 83.5 cm³/mol. The first-order chi connectivity index (χ1) is 10.1. The predicted octanol–water partition coefficient (Wildman–Crippen LogP) is 3.73. The first-order valence-electron chi connectivity index (χ1n) is 6.99. The van der Waals surface area contributed by atoms with Gasteiger partial charge < -0.3 is 5.32 Å². The Kier molecular flexibility index (Phi) is 4.87. The zero-order valence-electron chi connectivity index (χ0n) is 12.2. The number of nitrogens with one attached hydrogen (secondary N) is 1. The van der Waals surface area contributed by atoms with Gasteiger partial charge in [0.2, 0.25) is 0 Å². The maximum Gasteiger partial charge on any atom is 0.290 e. The van der Waals surface area contributed by atoms with Crippen molar-refractivity contribution in [2.45, 2.75) is 32.7 Å². The number of aryl methyl sites for hydroxylation is 2. The zero-order valence-corrected chi connectivity index (χ0v) is 12.2. The fourth-order valence-corrected chi connectivity index (χ4v) is 2.18. The third-order valence-electron chi connectivity index (χ3n) is 3.36. The van der Waals surface area contributed by atoms with E-state index in [2.05, 4.69) is 29.4 Å². The van der Waals surface area contributed by atoms with Crippen LogP contribution in [0.2, 0.25) is 0 Å². The highest BCUT2D eigenvalue weighted by Crippen LogP contribution is 2.18. The molecule has 2 rings (SSSR count). The molecule has 21 heavy (non-hydrogen) atoms. The maximum atomic E-state index is 10.8. The van der Waals surface area contributed by atoms with Crippen molar-refractivity contribution in [1.29, 1.82) is 0 Å². The smallest absolute Gasteiger partial charge is 0.290 e. The molecule has 0 saturated carbocycles. The second-order valence-corrected chi connectivity index (χ2v) is 5.13. The van der Waals surface area contributed by atoms with Gasteiger partial charge in [-0.15, -0.1) is 0 Å². The molecule has 0 radical (unpaired) electrons. The van der Waals surface area contributed by atoms with E-state index < -0.39 is 4.92 Å². The largest absolute Gasteiger partial charge is 0.368 e. The van der Waals surface area contributed by atoms with Crippen molar-refractivity contribution in [2.24, 2.45) is 0 Å². The molecule has 2 aromatic rings. The minimum absolute atomic E-state index is 0.0532. The number of nitrogens with zero attached hydrogens (tertiary/aromatic N) is 2. The fraction of sp³-hybridized carbons (Fsp3) is 0.312. The van der Waals surface area contributed by atoms with Crippen LogP contribution < -0.4 is 5.32 Å². The second-order valence-electron chi connectivity index (χ2n) is 5.13.